The van der Waals surface area contributed by atoms with Crippen LogP contribution in [-0.4, -0.2) is 36.7 Å². The van der Waals surface area contributed by atoms with E-state index in [9.17, 15) is 18.0 Å². The van der Waals surface area contributed by atoms with Crippen molar-refractivity contribution >= 4 is 5.97 Å². The van der Waals surface area contributed by atoms with Gasteiger partial charge in [-0.3, -0.25) is 0 Å². The lowest BCUT2D eigenvalue weighted by Crippen LogP contribution is -2.44. The van der Waals surface area contributed by atoms with Gasteiger partial charge in [-0.1, -0.05) is 6.07 Å². The number of morpholine rings is 1. The quantitative estimate of drug-likeness (QED) is 0.897. The van der Waals surface area contributed by atoms with Gasteiger partial charge >= 0.3 is 5.97 Å². The van der Waals surface area contributed by atoms with E-state index in [1.165, 1.54) is 13.0 Å². The number of benzene rings is 1. The van der Waals surface area contributed by atoms with Gasteiger partial charge in [-0.15, -0.1) is 0 Å². The number of aryl methyl sites for hydroxylation is 1. The fourth-order valence-corrected chi connectivity index (χ4v) is 2.59. The molecule has 0 amide bonds. The van der Waals surface area contributed by atoms with E-state index >= 15 is 0 Å². The number of hydrogen-bond acceptors (Lipinski definition) is 3. The summed E-state index contributed by atoms with van der Waals surface area (Å²) in [6, 6.07) is 1.89. The molecule has 2 atom stereocenters. The SMILES string of the molecule is Cc1cc(C2OCCNC2CC(F)F)cc(F)c1C(=O)O. The number of carboxylic acids is 1. The number of ether oxygens (including phenoxy) is 1. The molecular weight excluding hydrogens is 287 g/mol. The van der Waals surface area contributed by atoms with Crippen LogP contribution in [0.15, 0.2) is 12.1 Å². The average Bonchev–Trinajstić information content (AvgIpc) is 2.37. The summed E-state index contributed by atoms with van der Waals surface area (Å²) < 4.78 is 44.6. The molecule has 4 nitrogen and oxygen atoms in total. The van der Waals surface area contributed by atoms with Crippen LogP contribution in [0.3, 0.4) is 0 Å². The van der Waals surface area contributed by atoms with Crippen LogP contribution in [-0.2, 0) is 4.74 Å². The molecule has 1 aromatic carbocycles. The highest BCUT2D eigenvalue weighted by Crippen LogP contribution is 2.30. The Kier molecular flexibility index (Phi) is 4.84. The number of hydrogen-bond donors (Lipinski definition) is 2. The molecule has 2 unspecified atom stereocenters. The predicted octanol–water partition coefficient (Wildman–Crippen LogP) is 2.52. The molecule has 116 valence electrons. The molecule has 0 radical (unpaired) electrons. The van der Waals surface area contributed by atoms with Gasteiger partial charge in [-0.05, 0) is 24.1 Å². The minimum Gasteiger partial charge on any atom is -0.478 e. The van der Waals surface area contributed by atoms with Crippen molar-refractivity contribution in [3.8, 4) is 0 Å². The van der Waals surface area contributed by atoms with Crippen LogP contribution in [0, 0.1) is 12.7 Å². The first-order valence-corrected chi connectivity index (χ1v) is 6.56. The van der Waals surface area contributed by atoms with Crippen LogP contribution in [0.2, 0.25) is 0 Å². The number of alkyl halides is 2. The van der Waals surface area contributed by atoms with Gasteiger partial charge in [0, 0.05) is 19.0 Å². The lowest BCUT2D eigenvalue weighted by molar-refractivity contribution is -0.0243. The summed E-state index contributed by atoms with van der Waals surface area (Å²) in [4.78, 5) is 11.0. The van der Waals surface area contributed by atoms with Gasteiger partial charge in [-0.25, -0.2) is 18.0 Å². The van der Waals surface area contributed by atoms with E-state index < -0.39 is 42.3 Å². The standard InChI is InChI=1S/C14H16F3NO3/c1-7-4-8(5-9(15)12(7)14(19)20)13-10(6-11(16)17)18-2-3-21-13/h4-5,10-11,13,18H,2-3,6H2,1H3,(H,19,20). The Bertz CT molecular complexity index is 513. The van der Waals surface area contributed by atoms with E-state index in [0.717, 1.165) is 6.07 Å². The summed E-state index contributed by atoms with van der Waals surface area (Å²) in [7, 11) is 0. The summed E-state index contributed by atoms with van der Waals surface area (Å²) in [5, 5.41) is 11.9. The molecule has 0 aromatic heterocycles. The lowest BCUT2D eigenvalue weighted by Gasteiger charge is -2.33. The van der Waals surface area contributed by atoms with Crippen LogP contribution < -0.4 is 5.32 Å². The second-order valence-electron chi connectivity index (χ2n) is 4.98. The third-order valence-corrected chi connectivity index (χ3v) is 3.46. The number of aromatic carboxylic acids is 1. The fourth-order valence-electron chi connectivity index (χ4n) is 2.59. The van der Waals surface area contributed by atoms with Crippen molar-refractivity contribution in [2.75, 3.05) is 13.2 Å². The summed E-state index contributed by atoms with van der Waals surface area (Å²) >= 11 is 0. The van der Waals surface area contributed by atoms with Gasteiger partial charge in [0.15, 0.2) is 0 Å². The third kappa shape index (κ3) is 3.54. The topological polar surface area (TPSA) is 58.6 Å². The molecule has 2 rings (SSSR count). The number of halogens is 3. The summed E-state index contributed by atoms with van der Waals surface area (Å²) in [5.41, 5.74) is 0.197. The molecule has 1 saturated heterocycles. The van der Waals surface area contributed by atoms with Crippen LogP contribution in [0.4, 0.5) is 13.2 Å². The Morgan fingerprint density at radius 1 is 1.52 bits per heavy atom. The molecule has 0 bridgehead atoms. The van der Waals surface area contributed by atoms with Crippen molar-refractivity contribution in [2.24, 2.45) is 0 Å². The second kappa shape index (κ2) is 6.44. The van der Waals surface area contributed by atoms with Crippen LogP contribution in [0.1, 0.15) is 34.0 Å². The number of carbonyl (C=O) groups is 1. The molecule has 1 aliphatic rings. The zero-order valence-corrected chi connectivity index (χ0v) is 11.4. The second-order valence-corrected chi connectivity index (χ2v) is 4.98. The lowest BCUT2D eigenvalue weighted by atomic mass is 9.94. The molecule has 1 aromatic rings. The van der Waals surface area contributed by atoms with Crippen molar-refractivity contribution < 1.29 is 27.8 Å². The monoisotopic (exact) mass is 303 g/mol. The highest BCUT2D eigenvalue weighted by Gasteiger charge is 2.31. The Balaban J connectivity index is 2.33. The maximum Gasteiger partial charge on any atom is 0.338 e. The van der Waals surface area contributed by atoms with E-state index in [-0.39, 0.29) is 5.56 Å². The highest BCUT2D eigenvalue weighted by atomic mass is 19.3. The van der Waals surface area contributed by atoms with E-state index in [1.54, 1.807) is 0 Å². The molecule has 1 heterocycles. The minimum atomic E-state index is -2.50. The maximum atomic E-state index is 13.9. The zero-order valence-electron chi connectivity index (χ0n) is 11.4. The molecule has 7 heteroatoms. The van der Waals surface area contributed by atoms with Crippen LogP contribution in [0.25, 0.3) is 0 Å². The first kappa shape index (κ1) is 15.8. The van der Waals surface area contributed by atoms with E-state index in [4.69, 9.17) is 9.84 Å². The number of rotatable bonds is 4. The molecule has 21 heavy (non-hydrogen) atoms. The van der Waals surface area contributed by atoms with E-state index in [0.29, 0.717) is 18.7 Å². The van der Waals surface area contributed by atoms with Crippen molar-refractivity contribution in [3.63, 3.8) is 0 Å². The van der Waals surface area contributed by atoms with E-state index in [1.807, 2.05) is 0 Å². The molecule has 0 aliphatic carbocycles. The molecule has 1 fully saturated rings. The molecule has 1 aliphatic heterocycles. The molecular formula is C14H16F3NO3. The smallest absolute Gasteiger partial charge is 0.338 e. The van der Waals surface area contributed by atoms with Gasteiger partial charge in [0.2, 0.25) is 6.43 Å². The first-order chi connectivity index (χ1) is 9.90. The van der Waals surface area contributed by atoms with Crippen LogP contribution in [0.5, 0.6) is 0 Å². The molecule has 0 saturated carbocycles. The van der Waals surface area contributed by atoms with Gasteiger partial charge < -0.3 is 15.2 Å². The van der Waals surface area contributed by atoms with Gasteiger partial charge in [0.1, 0.15) is 5.82 Å². The predicted molar refractivity (Wildman–Crippen MR) is 69.2 cm³/mol. The Morgan fingerprint density at radius 3 is 2.81 bits per heavy atom. The zero-order chi connectivity index (χ0) is 15.6. The van der Waals surface area contributed by atoms with Gasteiger partial charge in [0.25, 0.3) is 0 Å². The third-order valence-electron chi connectivity index (χ3n) is 3.46. The largest absolute Gasteiger partial charge is 0.478 e. The summed E-state index contributed by atoms with van der Waals surface area (Å²) in [5.74, 6) is -2.24. The Hall–Kier alpha value is -1.60. The van der Waals surface area contributed by atoms with Gasteiger partial charge in [-0.2, -0.15) is 0 Å². The Labute approximate surface area is 119 Å². The summed E-state index contributed by atoms with van der Waals surface area (Å²) in [6.07, 6.45) is -3.63. The number of carboxylic acid groups (broad SMARTS) is 1. The van der Waals surface area contributed by atoms with Crippen molar-refractivity contribution in [3.05, 3.63) is 34.6 Å². The average molecular weight is 303 g/mol. The fraction of sp³-hybridized carbons (Fsp3) is 0.500. The minimum absolute atomic E-state index is 0.238. The Morgan fingerprint density at radius 2 is 2.24 bits per heavy atom. The molecule has 2 N–H and O–H groups in total. The van der Waals surface area contributed by atoms with Gasteiger partial charge in [0.05, 0.1) is 18.3 Å². The van der Waals surface area contributed by atoms with E-state index in [2.05, 4.69) is 5.32 Å². The summed E-state index contributed by atoms with van der Waals surface area (Å²) in [6.45, 7) is 2.24. The number of nitrogens with one attached hydrogen (secondary N) is 1. The maximum absolute atomic E-state index is 13.9. The van der Waals surface area contributed by atoms with Crippen molar-refractivity contribution in [2.45, 2.75) is 31.9 Å². The molecule has 0 spiro atoms. The van der Waals surface area contributed by atoms with Crippen molar-refractivity contribution in [1.29, 1.82) is 0 Å². The van der Waals surface area contributed by atoms with Crippen molar-refractivity contribution in [1.82, 2.24) is 5.32 Å². The normalized spacial score (nSPS) is 22.5. The van der Waals surface area contributed by atoms with Crippen LogP contribution >= 0.6 is 0 Å². The highest BCUT2D eigenvalue weighted by molar-refractivity contribution is 5.89. The first-order valence-electron chi connectivity index (χ1n) is 6.56.